The second kappa shape index (κ2) is 4.67. The molecule has 0 unspecified atom stereocenters. The minimum atomic E-state index is -2.94. The highest BCUT2D eigenvalue weighted by atomic mass is 19.3. The van der Waals surface area contributed by atoms with Gasteiger partial charge in [-0.15, -0.1) is 0 Å². The standard InChI is InChI=1S/C14H21F2NO3/c1-8(18)11-9-5-6-10(14(15,16)7-9)17(11)12(19)20-13(2,3)4/h9-11H,5-7H2,1-4H3/t9-,10+,11-/m1/s1. The molecule has 2 saturated heterocycles. The Morgan fingerprint density at radius 2 is 1.85 bits per heavy atom. The summed E-state index contributed by atoms with van der Waals surface area (Å²) >= 11 is 0. The van der Waals surface area contributed by atoms with Gasteiger partial charge in [0.05, 0.1) is 12.1 Å². The fraction of sp³-hybridized carbons (Fsp3) is 0.857. The molecular weight excluding hydrogens is 268 g/mol. The Labute approximate surface area is 117 Å². The first-order valence-corrected chi connectivity index (χ1v) is 6.92. The van der Waals surface area contributed by atoms with Gasteiger partial charge in [0.25, 0.3) is 5.92 Å². The maximum atomic E-state index is 14.0. The van der Waals surface area contributed by atoms with E-state index >= 15 is 0 Å². The zero-order valence-corrected chi connectivity index (χ0v) is 12.3. The summed E-state index contributed by atoms with van der Waals surface area (Å²) in [5.74, 6) is -3.66. The Balaban J connectivity index is 2.31. The molecule has 1 saturated carbocycles. The van der Waals surface area contributed by atoms with Crippen LogP contribution in [0, 0.1) is 5.92 Å². The van der Waals surface area contributed by atoms with Crippen LogP contribution in [-0.2, 0) is 9.53 Å². The van der Waals surface area contributed by atoms with E-state index in [2.05, 4.69) is 0 Å². The van der Waals surface area contributed by atoms with Crippen LogP contribution >= 0.6 is 0 Å². The Morgan fingerprint density at radius 1 is 1.25 bits per heavy atom. The van der Waals surface area contributed by atoms with Crippen molar-refractivity contribution < 1.29 is 23.1 Å². The van der Waals surface area contributed by atoms with Crippen LogP contribution in [0.3, 0.4) is 0 Å². The molecule has 20 heavy (non-hydrogen) atoms. The fourth-order valence-corrected chi connectivity index (χ4v) is 3.29. The third kappa shape index (κ3) is 2.65. The monoisotopic (exact) mass is 289 g/mol. The van der Waals surface area contributed by atoms with Gasteiger partial charge < -0.3 is 4.74 Å². The molecule has 6 heteroatoms. The Bertz CT molecular complexity index is 431. The highest BCUT2D eigenvalue weighted by molar-refractivity contribution is 5.86. The van der Waals surface area contributed by atoms with Gasteiger partial charge >= 0.3 is 6.09 Å². The summed E-state index contributed by atoms with van der Waals surface area (Å²) in [4.78, 5) is 25.0. The average Bonchev–Trinajstić information content (AvgIpc) is 2.24. The summed E-state index contributed by atoms with van der Waals surface area (Å²) < 4.78 is 33.2. The van der Waals surface area contributed by atoms with E-state index in [4.69, 9.17) is 4.74 Å². The maximum absolute atomic E-state index is 14.0. The van der Waals surface area contributed by atoms with Gasteiger partial charge in [0, 0.05) is 6.42 Å². The molecule has 1 aliphatic carbocycles. The predicted molar refractivity (Wildman–Crippen MR) is 68.6 cm³/mol. The van der Waals surface area contributed by atoms with E-state index in [0.717, 1.165) is 4.90 Å². The van der Waals surface area contributed by atoms with E-state index in [1.807, 2.05) is 0 Å². The van der Waals surface area contributed by atoms with Crippen LogP contribution < -0.4 is 0 Å². The van der Waals surface area contributed by atoms with Crippen molar-refractivity contribution in [2.24, 2.45) is 5.92 Å². The molecule has 0 aromatic heterocycles. The number of fused-ring (bicyclic) bond motifs is 3. The quantitative estimate of drug-likeness (QED) is 0.745. The highest BCUT2D eigenvalue weighted by Gasteiger charge is 2.60. The molecule has 4 nitrogen and oxygen atoms in total. The number of carbonyl (C=O) groups is 2. The van der Waals surface area contributed by atoms with Crippen LogP contribution in [0.4, 0.5) is 13.6 Å². The SMILES string of the molecule is CC(=O)[C@@H]1[C@@H]2CC[C@H](N1C(=O)OC(C)(C)C)C(F)(F)C2. The Hall–Kier alpha value is -1.20. The molecule has 3 aliphatic rings. The lowest BCUT2D eigenvalue weighted by Gasteiger charge is -2.53. The first kappa shape index (κ1) is 15.2. The highest BCUT2D eigenvalue weighted by Crippen LogP contribution is 2.48. The number of amides is 1. The predicted octanol–water partition coefficient (Wildman–Crippen LogP) is 3.00. The molecule has 2 bridgehead atoms. The third-order valence-corrected chi connectivity index (χ3v) is 3.94. The molecule has 0 aromatic carbocycles. The number of ketones is 1. The summed E-state index contributed by atoms with van der Waals surface area (Å²) in [6, 6.07) is -2.00. The van der Waals surface area contributed by atoms with Crippen LogP contribution in [0.2, 0.25) is 0 Å². The van der Waals surface area contributed by atoms with Crippen molar-refractivity contribution in [3.05, 3.63) is 0 Å². The van der Waals surface area contributed by atoms with Gasteiger partial charge in [-0.05, 0) is 46.5 Å². The zero-order valence-electron chi connectivity index (χ0n) is 12.3. The van der Waals surface area contributed by atoms with Gasteiger partial charge in [0.2, 0.25) is 0 Å². The second-order valence-corrected chi connectivity index (χ2v) is 6.76. The van der Waals surface area contributed by atoms with E-state index in [9.17, 15) is 18.4 Å². The van der Waals surface area contributed by atoms with Crippen molar-refractivity contribution in [2.75, 3.05) is 0 Å². The number of alkyl halides is 2. The van der Waals surface area contributed by atoms with Crippen molar-refractivity contribution in [2.45, 2.75) is 70.6 Å². The van der Waals surface area contributed by atoms with Gasteiger partial charge in [-0.25, -0.2) is 13.6 Å². The molecule has 2 heterocycles. The maximum Gasteiger partial charge on any atom is 0.411 e. The summed E-state index contributed by atoms with van der Waals surface area (Å²) in [6.45, 7) is 6.37. The van der Waals surface area contributed by atoms with E-state index < -0.39 is 35.6 Å². The van der Waals surface area contributed by atoms with E-state index in [0.29, 0.717) is 6.42 Å². The molecule has 114 valence electrons. The molecule has 3 rings (SSSR count). The normalized spacial score (nSPS) is 32.1. The van der Waals surface area contributed by atoms with Gasteiger partial charge in [-0.1, -0.05) is 0 Å². The number of Topliss-reactive ketones (excluding diaryl/α,β-unsaturated/α-hetero) is 1. The van der Waals surface area contributed by atoms with Gasteiger partial charge in [0.1, 0.15) is 5.60 Å². The average molecular weight is 289 g/mol. The summed E-state index contributed by atoms with van der Waals surface area (Å²) in [7, 11) is 0. The van der Waals surface area contributed by atoms with E-state index in [-0.39, 0.29) is 18.6 Å². The fourth-order valence-electron chi connectivity index (χ4n) is 3.29. The molecular formula is C14H21F2NO3. The van der Waals surface area contributed by atoms with Crippen molar-refractivity contribution in [1.82, 2.24) is 4.90 Å². The Kier molecular flexibility index (Phi) is 3.55. The van der Waals surface area contributed by atoms with Crippen LogP contribution in [0.15, 0.2) is 0 Å². The van der Waals surface area contributed by atoms with Crippen molar-refractivity contribution >= 4 is 11.9 Å². The van der Waals surface area contributed by atoms with Gasteiger partial charge in [-0.2, -0.15) is 0 Å². The van der Waals surface area contributed by atoms with Gasteiger partial charge in [-0.3, -0.25) is 9.69 Å². The Morgan fingerprint density at radius 3 is 2.30 bits per heavy atom. The lowest BCUT2D eigenvalue weighted by Crippen LogP contribution is -2.67. The topological polar surface area (TPSA) is 46.6 Å². The van der Waals surface area contributed by atoms with Crippen molar-refractivity contribution in [3.8, 4) is 0 Å². The first-order chi connectivity index (χ1) is 9.03. The van der Waals surface area contributed by atoms with E-state index in [1.165, 1.54) is 6.92 Å². The number of rotatable bonds is 1. The molecule has 0 radical (unpaired) electrons. The number of ether oxygens (including phenoxy) is 1. The molecule has 3 fully saturated rings. The number of halogens is 2. The molecule has 1 amide bonds. The summed E-state index contributed by atoms with van der Waals surface area (Å²) in [5.41, 5.74) is -0.773. The number of hydrogen-bond donors (Lipinski definition) is 0. The molecule has 0 N–H and O–H groups in total. The number of nitrogens with zero attached hydrogens (tertiary/aromatic N) is 1. The zero-order chi connectivity index (χ0) is 15.3. The van der Waals surface area contributed by atoms with Crippen LogP contribution in [0.1, 0.15) is 47.0 Å². The molecule has 0 aromatic rings. The number of carbonyl (C=O) groups excluding carboxylic acids is 2. The van der Waals surface area contributed by atoms with Crippen molar-refractivity contribution in [3.63, 3.8) is 0 Å². The molecule has 3 atom stereocenters. The summed E-state index contributed by atoms with van der Waals surface area (Å²) in [6.07, 6.45) is -0.349. The summed E-state index contributed by atoms with van der Waals surface area (Å²) in [5, 5.41) is 0. The lowest BCUT2D eigenvalue weighted by molar-refractivity contribution is -0.179. The number of hydrogen-bond acceptors (Lipinski definition) is 3. The minimum absolute atomic E-state index is 0.223. The van der Waals surface area contributed by atoms with Crippen LogP contribution in [0.5, 0.6) is 0 Å². The van der Waals surface area contributed by atoms with Crippen LogP contribution in [0.25, 0.3) is 0 Å². The first-order valence-electron chi connectivity index (χ1n) is 6.92. The second-order valence-electron chi connectivity index (χ2n) is 6.76. The third-order valence-electron chi connectivity index (χ3n) is 3.94. The minimum Gasteiger partial charge on any atom is -0.444 e. The van der Waals surface area contributed by atoms with Gasteiger partial charge in [0.15, 0.2) is 5.78 Å². The molecule has 2 aliphatic heterocycles. The largest absolute Gasteiger partial charge is 0.444 e. The van der Waals surface area contributed by atoms with E-state index in [1.54, 1.807) is 20.8 Å². The van der Waals surface area contributed by atoms with Crippen LogP contribution in [-0.4, -0.2) is 40.4 Å². The number of piperidine rings is 2. The molecule has 0 spiro atoms. The lowest BCUT2D eigenvalue weighted by atomic mass is 9.71. The van der Waals surface area contributed by atoms with Crippen molar-refractivity contribution in [1.29, 1.82) is 0 Å². The smallest absolute Gasteiger partial charge is 0.411 e.